The molecule has 1 N–H and O–H groups in total. The Kier molecular flexibility index (Phi) is 7.08. The summed E-state index contributed by atoms with van der Waals surface area (Å²) in [5, 5.41) is 4.89. The monoisotopic (exact) mass is 497 g/mol. The summed E-state index contributed by atoms with van der Waals surface area (Å²) in [6.45, 7) is 4.26. The number of aryl methyl sites for hydroxylation is 1. The zero-order chi connectivity index (χ0) is 23.5. The molecule has 0 fully saturated rings. The second-order valence-electron chi connectivity index (χ2n) is 7.57. The number of nitrogens with zero attached hydrogens (tertiary/aromatic N) is 2. The Bertz CT molecular complexity index is 1420. The maximum atomic E-state index is 13.4. The van der Waals surface area contributed by atoms with E-state index in [0.717, 1.165) is 22.4 Å². The van der Waals surface area contributed by atoms with Crippen LogP contribution in [0.4, 0.5) is 0 Å². The summed E-state index contributed by atoms with van der Waals surface area (Å²) >= 11 is 13.3. The summed E-state index contributed by atoms with van der Waals surface area (Å²) < 4.78 is 1.60. The molecule has 0 aliphatic heterocycles. The van der Waals surface area contributed by atoms with E-state index in [4.69, 9.17) is 28.2 Å². The molecule has 1 aromatic heterocycles. The summed E-state index contributed by atoms with van der Waals surface area (Å²) in [5.74, 6) is -0.0955. The Labute approximate surface area is 205 Å². The average Bonchev–Trinajstić information content (AvgIpc) is 2.79. The van der Waals surface area contributed by atoms with Crippen LogP contribution in [0.2, 0.25) is 10.0 Å². The molecule has 0 spiro atoms. The van der Waals surface area contributed by atoms with Crippen molar-refractivity contribution >= 4 is 51.8 Å². The zero-order valence-electron chi connectivity index (χ0n) is 18.1. The van der Waals surface area contributed by atoms with Gasteiger partial charge in [-0.2, -0.15) is 0 Å². The SMILES string of the molecule is Cc1cccc(-n2c(SCC(=O)NCc3ccc(Cl)cc3Cl)nc3ccccc3c2=O)c1C. The Hall–Kier alpha value is -2.80. The quantitative estimate of drug-likeness (QED) is 0.273. The average molecular weight is 498 g/mol. The van der Waals surface area contributed by atoms with Crippen molar-refractivity contribution < 1.29 is 4.79 Å². The van der Waals surface area contributed by atoms with E-state index in [1.807, 2.05) is 44.2 Å². The molecule has 8 heteroatoms. The highest BCUT2D eigenvalue weighted by molar-refractivity contribution is 7.99. The van der Waals surface area contributed by atoms with Crippen LogP contribution < -0.4 is 10.9 Å². The van der Waals surface area contributed by atoms with Crippen LogP contribution in [-0.2, 0) is 11.3 Å². The molecule has 5 nitrogen and oxygen atoms in total. The van der Waals surface area contributed by atoms with E-state index in [1.165, 1.54) is 11.8 Å². The van der Waals surface area contributed by atoms with Crippen molar-refractivity contribution in [3.05, 3.63) is 97.8 Å². The number of benzene rings is 3. The molecule has 3 aromatic carbocycles. The Morgan fingerprint density at radius 2 is 1.85 bits per heavy atom. The fourth-order valence-corrected chi connectivity index (χ4v) is 4.75. The number of amides is 1. The number of carbonyl (C=O) groups is 1. The van der Waals surface area contributed by atoms with Crippen LogP contribution in [0.3, 0.4) is 0 Å². The van der Waals surface area contributed by atoms with Crippen molar-refractivity contribution in [2.75, 3.05) is 5.75 Å². The van der Waals surface area contributed by atoms with Crippen LogP contribution in [0.1, 0.15) is 16.7 Å². The van der Waals surface area contributed by atoms with Crippen LogP contribution in [0, 0.1) is 13.8 Å². The lowest BCUT2D eigenvalue weighted by atomic mass is 10.1. The smallest absolute Gasteiger partial charge is 0.266 e. The van der Waals surface area contributed by atoms with Gasteiger partial charge in [-0.25, -0.2) is 4.98 Å². The summed E-state index contributed by atoms with van der Waals surface area (Å²) in [6.07, 6.45) is 0. The highest BCUT2D eigenvalue weighted by Gasteiger charge is 2.16. The van der Waals surface area contributed by atoms with Crippen molar-refractivity contribution in [1.82, 2.24) is 14.9 Å². The topological polar surface area (TPSA) is 64.0 Å². The number of hydrogen-bond donors (Lipinski definition) is 1. The van der Waals surface area contributed by atoms with Gasteiger partial charge in [0.25, 0.3) is 5.56 Å². The largest absolute Gasteiger partial charge is 0.351 e. The second kappa shape index (κ2) is 10.00. The molecule has 0 aliphatic rings. The number of thioether (sulfide) groups is 1. The lowest BCUT2D eigenvalue weighted by Crippen LogP contribution is -2.26. The number of hydrogen-bond acceptors (Lipinski definition) is 4. The fraction of sp³-hybridized carbons (Fsp3) is 0.160. The summed E-state index contributed by atoms with van der Waals surface area (Å²) in [6, 6.07) is 18.2. The lowest BCUT2D eigenvalue weighted by molar-refractivity contribution is -0.118. The van der Waals surface area contributed by atoms with Gasteiger partial charge in [-0.1, -0.05) is 65.3 Å². The minimum Gasteiger partial charge on any atom is -0.351 e. The standard InChI is InChI=1S/C25H21Cl2N3O2S/c1-15-6-5-9-22(16(15)2)30-24(32)19-7-3-4-8-21(19)29-25(30)33-14-23(31)28-13-17-10-11-18(26)12-20(17)27/h3-12H,13-14H2,1-2H3,(H,28,31). The zero-order valence-corrected chi connectivity index (χ0v) is 20.4. The molecule has 0 unspecified atom stereocenters. The molecule has 0 radical (unpaired) electrons. The van der Waals surface area contributed by atoms with Crippen molar-refractivity contribution in [3.8, 4) is 5.69 Å². The van der Waals surface area contributed by atoms with E-state index in [0.29, 0.717) is 26.1 Å². The fourth-order valence-electron chi connectivity index (χ4n) is 3.44. The molecule has 4 aromatic rings. The molecule has 0 bridgehead atoms. The van der Waals surface area contributed by atoms with Crippen molar-refractivity contribution in [3.63, 3.8) is 0 Å². The van der Waals surface area contributed by atoms with E-state index >= 15 is 0 Å². The molecule has 4 rings (SSSR count). The summed E-state index contributed by atoms with van der Waals surface area (Å²) in [7, 11) is 0. The Morgan fingerprint density at radius 3 is 2.64 bits per heavy atom. The van der Waals surface area contributed by atoms with Gasteiger partial charge in [0.15, 0.2) is 5.16 Å². The normalized spacial score (nSPS) is 11.0. The number of rotatable bonds is 6. The van der Waals surface area contributed by atoms with E-state index < -0.39 is 0 Å². The molecule has 0 aliphatic carbocycles. The predicted octanol–water partition coefficient (Wildman–Crippen LogP) is 5.72. The number of aromatic nitrogens is 2. The Balaban J connectivity index is 1.62. The number of para-hydroxylation sites is 1. The summed E-state index contributed by atoms with van der Waals surface area (Å²) in [5.41, 5.74) is 4.02. The number of nitrogens with one attached hydrogen (secondary N) is 1. The lowest BCUT2D eigenvalue weighted by Gasteiger charge is -2.16. The van der Waals surface area contributed by atoms with E-state index in [-0.39, 0.29) is 23.8 Å². The summed E-state index contributed by atoms with van der Waals surface area (Å²) in [4.78, 5) is 30.7. The highest BCUT2D eigenvalue weighted by Crippen LogP contribution is 2.25. The van der Waals surface area contributed by atoms with E-state index in [1.54, 1.807) is 34.9 Å². The van der Waals surface area contributed by atoms with Crippen LogP contribution in [0.25, 0.3) is 16.6 Å². The molecule has 0 saturated carbocycles. The molecule has 1 heterocycles. The van der Waals surface area contributed by atoms with Gasteiger partial charge >= 0.3 is 0 Å². The van der Waals surface area contributed by atoms with Crippen LogP contribution in [0.15, 0.2) is 70.6 Å². The first-order valence-electron chi connectivity index (χ1n) is 10.3. The second-order valence-corrected chi connectivity index (χ2v) is 9.36. The minimum atomic E-state index is -0.194. The molecular formula is C25H21Cl2N3O2S. The van der Waals surface area contributed by atoms with Crippen LogP contribution in [0.5, 0.6) is 0 Å². The van der Waals surface area contributed by atoms with Gasteiger partial charge in [0.05, 0.1) is 22.3 Å². The van der Waals surface area contributed by atoms with E-state index in [9.17, 15) is 9.59 Å². The number of fused-ring (bicyclic) bond motifs is 1. The van der Waals surface area contributed by atoms with Crippen molar-refractivity contribution in [2.45, 2.75) is 25.5 Å². The van der Waals surface area contributed by atoms with Gasteiger partial charge in [-0.15, -0.1) is 0 Å². The molecule has 0 atom stereocenters. The molecule has 1 amide bonds. The first-order chi connectivity index (χ1) is 15.8. The van der Waals surface area contributed by atoms with Crippen LogP contribution in [-0.4, -0.2) is 21.2 Å². The number of halogens is 2. The highest BCUT2D eigenvalue weighted by atomic mass is 35.5. The molecule has 33 heavy (non-hydrogen) atoms. The first kappa shape index (κ1) is 23.4. The maximum absolute atomic E-state index is 13.4. The minimum absolute atomic E-state index is 0.0981. The third kappa shape index (κ3) is 5.08. The number of carbonyl (C=O) groups excluding carboxylic acids is 1. The van der Waals surface area contributed by atoms with Gasteiger partial charge in [-0.3, -0.25) is 14.2 Å². The van der Waals surface area contributed by atoms with Gasteiger partial charge in [0, 0.05) is 16.6 Å². The van der Waals surface area contributed by atoms with E-state index in [2.05, 4.69) is 5.32 Å². The Morgan fingerprint density at radius 1 is 1.06 bits per heavy atom. The van der Waals surface area contributed by atoms with Gasteiger partial charge < -0.3 is 5.32 Å². The molecular weight excluding hydrogens is 477 g/mol. The van der Waals surface area contributed by atoms with Crippen LogP contribution >= 0.6 is 35.0 Å². The van der Waals surface area contributed by atoms with Crippen molar-refractivity contribution in [2.24, 2.45) is 0 Å². The third-order valence-corrected chi connectivity index (χ3v) is 6.91. The van der Waals surface area contributed by atoms with Gasteiger partial charge in [0.2, 0.25) is 5.91 Å². The molecule has 168 valence electrons. The maximum Gasteiger partial charge on any atom is 0.266 e. The molecule has 0 saturated heterocycles. The third-order valence-electron chi connectivity index (χ3n) is 5.39. The van der Waals surface area contributed by atoms with Gasteiger partial charge in [-0.05, 0) is 60.9 Å². The van der Waals surface area contributed by atoms with Gasteiger partial charge in [0.1, 0.15) is 0 Å². The first-order valence-corrected chi connectivity index (χ1v) is 12.0. The predicted molar refractivity (Wildman–Crippen MR) is 136 cm³/mol. The van der Waals surface area contributed by atoms with Crippen molar-refractivity contribution in [1.29, 1.82) is 0 Å².